The van der Waals surface area contributed by atoms with E-state index in [2.05, 4.69) is 22.3 Å². The van der Waals surface area contributed by atoms with Gasteiger partial charge in [0.15, 0.2) is 11.4 Å². The Morgan fingerprint density at radius 1 is 1.56 bits per heavy atom. The average molecular weight is 240 g/mol. The molecule has 5 heteroatoms. The number of likely N-dealkylation sites (N-methyl/N-ethyl adjacent to an activating group) is 1. The van der Waals surface area contributed by atoms with Gasteiger partial charge >= 0.3 is 0 Å². The Kier molecular flexibility index (Phi) is 6.27. The van der Waals surface area contributed by atoms with E-state index in [1.165, 1.54) is 37.4 Å². The third kappa shape index (κ3) is 4.42. The van der Waals surface area contributed by atoms with Crippen LogP contribution in [0.15, 0.2) is 4.99 Å². The van der Waals surface area contributed by atoms with E-state index >= 15 is 0 Å². The summed E-state index contributed by atoms with van der Waals surface area (Å²) in [7, 11) is 2.17. The minimum absolute atomic E-state index is 0.710. The first-order valence-corrected chi connectivity index (χ1v) is 6.94. The van der Waals surface area contributed by atoms with Crippen molar-refractivity contribution in [2.45, 2.75) is 31.7 Å². The molecule has 1 N–H and O–H groups in total. The van der Waals surface area contributed by atoms with Crippen LogP contribution in [0.5, 0.6) is 0 Å². The van der Waals surface area contributed by atoms with Crippen molar-refractivity contribution in [3.05, 3.63) is 0 Å². The van der Waals surface area contributed by atoms with E-state index in [-0.39, 0.29) is 0 Å². The molecule has 4 nitrogen and oxygen atoms in total. The van der Waals surface area contributed by atoms with Crippen LogP contribution in [0.25, 0.3) is 0 Å². The minimum atomic E-state index is 0.710. The highest BCUT2D eigenvalue weighted by molar-refractivity contribution is 8.13. The predicted molar refractivity (Wildman–Crippen MR) is 69.5 cm³/mol. The maximum atomic E-state index is 8.48. The molecule has 1 fully saturated rings. The van der Waals surface area contributed by atoms with Crippen LogP contribution >= 0.6 is 11.8 Å². The molecule has 0 saturated heterocycles. The molecule has 0 aromatic carbocycles. The number of thioether (sulfide) groups is 1. The zero-order valence-electron chi connectivity index (χ0n) is 10.1. The molecule has 16 heavy (non-hydrogen) atoms. The maximum Gasteiger partial charge on any atom is 0.183 e. The fourth-order valence-corrected chi connectivity index (χ4v) is 2.41. The molecule has 0 heterocycles. The molecule has 1 saturated carbocycles. The van der Waals surface area contributed by atoms with Crippen LogP contribution < -0.4 is 5.32 Å². The van der Waals surface area contributed by atoms with Gasteiger partial charge in [-0.05, 0) is 26.1 Å². The van der Waals surface area contributed by atoms with Gasteiger partial charge in [-0.15, -0.1) is 0 Å². The summed E-state index contributed by atoms with van der Waals surface area (Å²) in [6.07, 6.45) is 9.20. The highest BCUT2D eigenvalue weighted by Gasteiger charge is 2.18. The van der Waals surface area contributed by atoms with Gasteiger partial charge in [0, 0.05) is 12.6 Å². The Bertz CT molecular complexity index is 266. The molecule has 1 rings (SSSR count). The quantitative estimate of drug-likeness (QED) is 0.351. The van der Waals surface area contributed by atoms with Crippen molar-refractivity contribution in [2.24, 2.45) is 4.99 Å². The van der Waals surface area contributed by atoms with Gasteiger partial charge in [-0.25, -0.2) is 0 Å². The van der Waals surface area contributed by atoms with Gasteiger partial charge in [-0.3, -0.25) is 10.3 Å². The van der Waals surface area contributed by atoms with Gasteiger partial charge in [0.1, 0.15) is 0 Å². The summed E-state index contributed by atoms with van der Waals surface area (Å²) in [6.45, 7) is 1.74. The number of nitrogens with zero attached hydrogens (tertiary/aromatic N) is 3. The van der Waals surface area contributed by atoms with Crippen LogP contribution in [0, 0.1) is 11.5 Å². The Balaban J connectivity index is 2.25. The number of amidine groups is 1. The summed E-state index contributed by atoms with van der Waals surface area (Å²) in [5, 5.41) is 11.8. The monoisotopic (exact) mass is 240 g/mol. The van der Waals surface area contributed by atoms with Gasteiger partial charge in [0.05, 0.1) is 6.54 Å². The largest absolute Gasteiger partial charge is 0.302 e. The minimum Gasteiger partial charge on any atom is -0.302 e. The van der Waals surface area contributed by atoms with E-state index in [0.717, 1.165) is 19.1 Å². The second-order valence-electron chi connectivity index (χ2n) is 4.05. The van der Waals surface area contributed by atoms with Gasteiger partial charge < -0.3 is 4.90 Å². The molecule has 0 bridgehead atoms. The lowest BCUT2D eigenvalue weighted by Crippen LogP contribution is -2.31. The van der Waals surface area contributed by atoms with E-state index in [4.69, 9.17) is 5.26 Å². The topological polar surface area (TPSA) is 51.4 Å². The fraction of sp³-hybridized carbons (Fsp3) is 0.818. The molecule has 1 aliphatic rings. The Morgan fingerprint density at radius 3 is 2.81 bits per heavy atom. The van der Waals surface area contributed by atoms with Crippen LogP contribution in [-0.4, -0.2) is 42.5 Å². The van der Waals surface area contributed by atoms with Gasteiger partial charge in [-0.2, -0.15) is 5.26 Å². The second-order valence-corrected chi connectivity index (χ2v) is 4.84. The van der Waals surface area contributed by atoms with Crippen LogP contribution in [-0.2, 0) is 0 Å². The first-order valence-electron chi connectivity index (χ1n) is 5.71. The zero-order chi connectivity index (χ0) is 11.8. The Morgan fingerprint density at radius 2 is 2.25 bits per heavy atom. The highest BCUT2D eigenvalue weighted by atomic mass is 32.2. The van der Waals surface area contributed by atoms with Crippen LogP contribution in [0.4, 0.5) is 0 Å². The third-order valence-corrected chi connectivity index (χ3v) is 3.63. The lowest BCUT2D eigenvalue weighted by atomic mass is 10.2. The average Bonchev–Trinajstić information content (AvgIpc) is 2.81. The second kappa shape index (κ2) is 7.53. The summed E-state index contributed by atoms with van der Waals surface area (Å²) in [5.41, 5.74) is 0. The maximum absolute atomic E-state index is 8.48. The molecule has 90 valence electrons. The van der Waals surface area contributed by atoms with Crippen LogP contribution in [0.2, 0.25) is 0 Å². The number of nitrogens with one attached hydrogen (secondary N) is 1. The molecule has 0 atom stereocenters. The first-order chi connectivity index (χ1) is 7.77. The zero-order valence-corrected chi connectivity index (χ0v) is 10.9. The van der Waals surface area contributed by atoms with E-state index in [0.29, 0.717) is 5.17 Å². The summed E-state index contributed by atoms with van der Waals surface area (Å²) in [5.74, 6) is 0. The molecule has 0 amide bonds. The normalized spacial score (nSPS) is 17.8. The molecule has 0 spiro atoms. The van der Waals surface area contributed by atoms with Crippen molar-refractivity contribution >= 4 is 16.9 Å². The number of aliphatic imine (C=N–C) groups is 1. The van der Waals surface area contributed by atoms with Crippen LogP contribution in [0.1, 0.15) is 25.7 Å². The molecular weight excluding hydrogens is 220 g/mol. The van der Waals surface area contributed by atoms with Crippen LogP contribution in [0.3, 0.4) is 0 Å². The summed E-state index contributed by atoms with van der Waals surface area (Å²) >= 11 is 1.48. The Labute approximate surface area is 102 Å². The molecule has 0 aliphatic heterocycles. The fourth-order valence-electron chi connectivity index (χ4n) is 2.04. The van der Waals surface area contributed by atoms with Crippen molar-refractivity contribution in [2.75, 3.05) is 26.4 Å². The number of rotatable bonds is 4. The smallest absolute Gasteiger partial charge is 0.183 e. The molecule has 0 radical (unpaired) electrons. The van der Waals surface area contributed by atoms with E-state index in [9.17, 15) is 0 Å². The van der Waals surface area contributed by atoms with Crippen molar-refractivity contribution in [1.29, 1.82) is 5.26 Å². The van der Waals surface area contributed by atoms with Gasteiger partial charge in [-0.1, -0.05) is 24.6 Å². The number of hydrogen-bond donors (Lipinski definition) is 1. The van der Waals surface area contributed by atoms with Crippen molar-refractivity contribution in [3.63, 3.8) is 0 Å². The lowest BCUT2D eigenvalue weighted by Gasteiger charge is -2.22. The molecule has 0 aromatic rings. The van der Waals surface area contributed by atoms with Gasteiger partial charge in [0.25, 0.3) is 0 Å². The summed E-state index contributed by atoms with van der Waals surface area (Å²) in [4.78, 5) is 6.74. The summed E-state index contributed by atoms with van der Waals surface area (Å²) < 4.78 is 0. The third-order valence-electron chi connectivity index (χ3n) is 3.01. The molecule has 1 aliphatic carbocycles. The van der Waals surface area contributed by atoms with Crippen molar-refractivity contribution in [1.82, 2.24) is 10.2 Å². The SMILES string of the molecule is CSC(=NCCN(C)C1CCCC1)NC#N. The summed E-state index contributed by atoms with van der Waals surface area (Å²) in [6, 6.07) is 0.747. The molecular formula is C11H20N4S. The lowest BCUT2D eigenvalue weighted by molar-refractivity contribution is 0.252. The first kappa shape index (κ1) is 13.3. The van der Waals surface area contributed by atoms with E-state index in [1.807, 2.05) is 12.4 Å². The van der Waals surface area contributed by atoms with Crippen molar-refractivity contribution < 1.29 is 0 Å². The molecule has 0 unspecified atom stereocenters. The predicted octanol–water partition coefficient (Wildman–Crippen LogP) is 1.65. The van der Waals surface area contributed by atoms with E-state index in [1.54, 1.807) is 0 Å². The van der Waals surface area contributed by atoms with Gasteiger partial charge in [0.2, 0.25) is 0 Å². The highest BCUT2D eigenvalue weighted by Crippen LogP contribution is 2.21. The van der Waals surface area contributed by atoms with Crippen molar-refractivity contribution in [3.8, 4) is 6.19 Å². The molecule has 0 aromatic heterocycles. The van der Waals surface area contributed by atoms with E-state index < -0.39 is 0 Å². The standard InChI is InChI=1S/C11H20N4S/c1-15(10-5-3-4-6-10)8-7-13-11(16-2)14-9-12/h10H,3-8H2,1-2H3,(H,13,14). The number of nitriles is 1. The Hall–Kier alpha value is -0.730. The number of hydrogen-bond acceptors (Lipinski definition) is 4.